The van der Waals surface area contributed by atoms with Crippen LogP contribution in [-0.2, 0) is 20.2 Å². The average molecular weight is 989 g/mol. The minimum absolute atomic E-state index is 0.145. The fourth-order valence-electron chi connectivity index (χ4n) is 6.57. The van der Waals surface area contributed by atoms with Gasteiger partial charge in [0.05, 0.1) is 70.2 Å². The van der Waals surface area contributed by atoms with Crippen molar-refractivity contribution < 1.29 is 40.2 Å². The third-order valence-electron chi connectivity index (χ3n) is 10.3. The predicted octanol–water partition coefficient (Wildman–Crippen LogP) is 14.2. The van der Waals surface area contributed by atoms with Crippen molar-refractivity contribution in [3.05, 3.63) is 143 Å². The van der Waals surface area contributed by atoms with Crippen molar-refractivity contribution >= 4 is 83.1 Å². The lowest BCUT2D eigenvalue weighted by molar-refractivity contribution is 0.262. The van der Waals surface area contributed by atoms with Crippen LogP contribution in [0.4, 0.5) is 61.7 Å². The molecule has 0 saturated heterocycles. The zero-order valence-electron chi connectivity index (χ0n) is 39.3. The lowest BCUT2D eigenvalue weighted by Gasteiger charge is -2.12. The molecule has 6 rings (SSSR count). The van der Waals surface area contributed by atoms with Crippen LogP contribution in [-0.4, -0.2) is 56.7 Å². The Morgan fingerprint density at radius 3 is 1.03 bits per heavy atom. The van der Waals surface area contributed by atoms with Gasteiger partial charge in [-0.3, -0.25) is 9.11 Å². The van der Waals surface area contributed by atoms with E-state index in [9.17, 15) is 21.6 Å². The molecule has 0 aromatic heterocycles. The molecule has 0 aliphatic carbocycles. The van der Waals surface area contributed by atoms with Crippen molar-refractivity contribution in [1.29, 1.82) is 0 Å². The first-order chi connectivity index (χ1) is 33.3. The minimum Gasteiger partial charge on any atom is -0.494 e. The molecule has 0 atom stereocenters. The zero-order valence-corrected chi connectivity index (χ0v) is 40.9. The van der Waals surface area contributed by atoms with Gasteiger partial charge < -0.3 is 20.1 Å². The molecule has 0 radical (unpaired) electrons. The molecule has 21 heteroatoms. The molecule has 0 aliphatic rings. The van der Waals surface area contributed by atoms with Gasteiger partial charge in [0.25, 0.3) is 20.2 Å². The molecule has 0 spiro atoms. The minimum atomic E-state index is -4.03. The van der Waals surface area contributed by atoms with E-state index in [1.807, 2.05) is 65.8 Å². The van der Waals surface area contributed by atoms with Crippen LogP contribution in [0.1, 0.15) is 46.2 Å². The molecule has 0 unspecified atom stereocenters. The lowest BCUT2D eigenvalue weighted by Crippen LogP contribution is -2.20. The third kappa shape index (κ3) is 16.3. The summed E-state index contributed by atoms with van der Waals surface area (Å²) in [6, 6.07) is 31.7. The summed E-state index contributed by atoms with van der Waals surface area (Å²) in [5.74, 6) is 0.381. The van der Waals surface area contributed by atoms with Gasteiger partial charge in [0, 0.05) is 11.4 Å². The number of rotatable bonds is 20. The van der Waals surface area contributed by atoms with Crippen molar-refractivity contribution in [3.63, 3.8) is 0 Å². The number of benzene rings is 6. The Kier molecular flexibility index (Phi) is 17.5. The molecule has 2 amide bonds. The van der Waals surface area contributed by atoms with Gasteiger partial charge in [0.2, 0.25) is 0 Å². The highest BCUT2D eigenvalue weighted by atomic mass is 32.2. The number of ether oxygens (including phenoxy) is 2. The monoisotopic (exact) mass is 988 g/mol. The van der Waals surface area contributed by atoms with Gasteiger partial charge in [0.15, 0.2) is 0 Å². The van der Waals surface area contributed by atoms with Gasteiger partial charge in [0.1, 0.15) is 11.5 Å². The smallest absolute Gasteiger partial charge is 0.323 e. The Morgan fingerprint density at radius 1 is 0.429 bits per heavy atom. The Bertz CT molecular complexity index is 3020. The van der Waals surface area contributed by atoms with Crippen LogP contribution >= 0.6 is 0 Å². The van der Waals surface area contributed by atoms with E-state index in [0.717, 1.165) is 33.4 Å². The number of urea groups is 1. The quantitative estimate of drug-likeness (QED) is 0.0321. The van der Waals surface area contributed by atoms with E-state index in [2.05, 4.69) is 51.5 Å². The van der Waals surface area contributed by atoms with E-state index in [0.29, 0.717) is 68.4 Å². The van der Waals surface area contributed by atoms with E-state index in [4.69, 9.17) is 18.6 Å². The third-order valence-corrected chi connectivity index (χ3v) is 11.9. The fraction of sp³-hybridized carbons (Fsp3) is 0.245. The molecule has 6 aromatic carbocycles. The van der Waals surface area contributed by atoms with Gasteiger partial charge in [-0.15, -0.1) is 0 Å². The second-order valence-corrected chi connectivity index (χ2v) is 19.3. The predicted molar refractivity (Wildman–Crippen MR) is 269 cm³/mol. The molecule has 19 nitrogen and oxygen atoms in total. The molecule has 364 valence electrons. The molecule has 0 saturated carbocycles. The highest BCUT2D eigenvalue weighted by Crippen LogP contribution is 2.33. The molecule has 0 aliphatic heterocycles. The largest absolute Gasteiger partial charge is 0.494 e. The summed E-state index contributed by atoms with van der Waals surface area (Å²) in [6.07, 6.45) is 0.336. The maximum absolute atomic E-state index is 13.1. The van der Waals surface area contributed by atoms with Crippen LogP contribution in [0, 0.1) is 41.5 Å². The number of azo groups is 4. The lowest BCUT2D eigenvalue weighted by atomic mass is 10.1. The molecule has 6 aromatic rings. The average Bonchev–Trinajstić information content (AvgIpc) is 3.29. The first kappa shape index (κ1) is 51.8. The van der Waals surface area contributed by atoms with Crippen molar-refractivity contribution in [2.24, 2.45) is 40.9 Å². The topological polar surface area (TPSA) is 267 Å². The van der Waals surface area contributed by atoms with Crippen LogP contribution < -0.4 is 20.1 Å². The summed E-state index contributed by atoms with van der Waals surface area (Å²) in [5, 5.41) is 40.9. The first-order valence-corrected chi connectivity index (χ1v) is 25.0. The Labute approximate surface area is 406 Å². The van der Waals surface area contributed by atoms with Gasteiger partial charge >= 0.3 is 6.03 Å². The van der Waals surface area contributed by atoms with Crippen LogP contribution in [0.25, 0.3) is 0 Å². The number of hydrogen-bond donors (Lipinski definition) is 4. The molecular formula is C49H52N10O9S2. The van der Waals surface area contributed by atoms with Crippen LogP contribution in [0.5, 0.6) is 11.5 Å². The van der Waals surface area contributed by atoms with Crippen LogP contribution in [0.15, 0.2) is 150 Å². The Balaban J connectivity index is 0.973. The first-order valence-electron chi connectivity index (χ1n) is 21.8. The van der Waals surface area contributed by atoms with Gasteiger partial charge in [-0.05, 0) is 197 Å². The van der Waals surface area contributed by atoms with Crippen molar-refractivity contribution in [2.45, 2.75) is 54.4 Å². The standard InChI is InChI=1S/C49H52N10O9S2/c1-31-25-37(52-54-39-11-17-45(33(3)27-39)56-58-47-19-13-41(29-35(47)5)67-21-7-23-69(61,62)63)9-15-43(31)50-49(60)51-44-16-10-38(26-32(44)2)53-55-40-12-18-46(34(4)28-40)57-59-48-20-14-42(30-36(48)6)68-22-8-24-70(64,65)66/h9-20,25-30H,7-8,21-24H2,1-6H3,(H2,50,51,60)(H,61,62,63)(H,64,65,66). The number of hydrogen-bond acceptors (Lipinski definition) is 15. The van der Waals surface area contributed by atoms with Gasteiger partial charge in [-0.1, -0.05) is 0 Å². The normalized spacial score (nSPS) is 12.1. The van der Waals surface area contributed by atoms with Gasteiger partial charge in [-0.2, -0.15) is 57.7 Å². The highest BCUT2D eigenvalue weighted by Gasteiger charge is 2.11. The van der Waals surface area contributed by atoms with Crippen molar-refractivity contribution in [1.82, 2.24) is 0 Å². The fourth-order valence-corrected chi connectivity index (χ4v) is 7.54. The Morgan fingerprint density at radius 2 is 0.729 bits per heavy atom. The molecule has 0 heterocycles. The number of carbonyl (C=O) groups excluding carboxylic acids is 1. The zero-order chi connectivity index (χ0) is 50.4. The molecule has 0 bridgehead atoms. The number of nitrogens with zero attached hydrogens (tertiary/aromatic N) is 8. The number of nitrogens with one attached hydrogen (secondary N) is 2. The van der Waals surface area contributed by atoms with E-state index in [1.54, 1.807) is 84.9 Å². The molecule has 4 N–H and O–H groups in total. The second-order valence-electron chi connectivity index (χ2n) is 16.2. The number of amides is 2. The van der Waals surface area contributed by atoms with Crippen LogP contribution in [0.2, 0.25) is 0 Å². The summed E-state index contributed by atoms with van der Waals surface area (Å²) in [4.78, 5) is 13.1. The number of aryl methyl sites for hydroxylation is 6. The summed E-state index contributed by atoms with van der Waals surface area (Å²) in [7, 11) is -8.05. The summed E-state index contributed by atoms with van der Waals surface area (Å²) < 4.78 is 72.5. The maximum atomic E-state index is 13.1. The number of anilines is 2. The van der Waals surface area contributed by atoms with Crippen LogP contribution in [0.3, 0.4) is 0 Å². The second kappa shape index (κ2) is 23.6. The van der Waals surface area contributed by atoms with E-state index >= 15 is 0 Å². The maximum Gasteiger partial charge on any atom is 0.323 e. The molecule has 0 fully saturated rings. The van der Waals surface area contributed by atoms with Crippen molar-refractivity contribution in [2.75, 3.05) is 35.4 Å². The van der Waals surface area contributed by atoms with E-state index in [-0.39, 0.29) is 37.6 Å². The summed E-state index contributed by atoms with van der Waals surface area (Å²) >= 11 is 0. The Hall–Kier alpha value is -7.59. The highest BCUT2D eigenvalue weighted by molar-refractivity contribution is 7.86. The van der Waals surface area contributed by atoms with Gasteiger partial charge in [-0.25, -0.2) is 4.79 Å². The van der Waals surface area contributed by atoms with Crippen molar-refractivity contribution in [3.8, 4) is 11.5 Å². The van der Waals surface area contributed by atoms with E-state index < -0.39 is 26.3 Å². The summed E-state index contributed by atoms with van der Waals surface area (Å²) in [5.41, 5.74) is 11.1. The van der Waals surface area contributed by atoms with E-state index in [1.165, 1.54) is 0 Å². The molecular weight excluding hydrogens is 937 g/mol. The SMILES string of the molecule is Cc1cc(N=Nc2ccc(NC(=O)Nc3ccc(N=Nc4ccc(N=Nc5ccc(OCCCS(=O)(=O)O)cc5C)c(C)c4)cc3C)c(C)c2)ccc1N=Nc1ccc(OCCCS(=O)(=O)O)cc1C. The number of carbonyl (C=O) groups is 1. The molecule has 70 heavy (non-hydrogen) atoms. The summed E-state index contributed by atoms with van der Waals surface area (Å²) in [6.45, 7) is 11.5.